The molecule has 1 aromatic rings. The van der Waals surface area contributed by atoms with E-state index in [2.05, 4.69) is 0 Å². The minimum atomic E-state index is -0.568. The van der Waals surface area contributed by atoms with Gasteiger partial charge >= 0.3 is 0 Å². The predicted molar refractivity (Wildman–Crippen MR) is 60.3 cm³/mol. The van der Waals surface area contributed by atoms with Crippen molar-refractivity contribution >= 4 is 17.5 Å². The van der Waals surface area contributed by atoms with Gasteiger partial charge in [0.2, 0.25) is 0 Å². The molecule has 0 radical (unpaired) electrons. The zero-order valence-electron chi connectivity index (χ0n) is 8.75. The van der Waals surface area contributed by atoms with Crippen molar-refractivity contribution in [3.05, 3.63) is 29.6 Å². The van der Waals surface area contributed by atoms with E-state index in [0.29, 0.717) is 5.75 Å². The highest BCUT2D eigenvalue weighted by molar-refractivity contribution is 7.99. The smallest absolute Gasteiger partial charge is 0.175 e. The number of Topliss-reactive ketones (excluding diaryl/α,β-unsaturated/α-hetero) is 1. The topological polar surface area (TPSA) is 26.3 Å². The molecule has 0 unspecified atom stereocenters. The molecule has 2 nitrogen and oxygen atoms in total. The third-order valence-corrected chi connectivity index (χ3v) is 2.80. The number of halogens is 1. The zero-order valence-corrected chi connectivity index (χ0v) is 9.57. The Morgan fingerprint density at radius 3 is 2.87 bits per heavy atom. The Morgan fingerprint density at radius 1 is 1.53 bits per heavy atom. The summed E-state index contributed by atoms with van der Waals surface area (Å²) in [4.78, 5) is 11.6. The van der Waals surface area contributed by atoms with E-state index in [9.17, 15) is 9.18 Å². The highest BCUT2D eigenvalue weighted by atomic mass is 32.2. The first kappa shape index (κ1) is 12.0. The summed E-state index contributed by atoms with van der Waals surface area (Å²) in [6.45, 7) is 1.96. The number of hydrogen-bond donors (Lipinski definition) is 0. The summed E-state index contributed by atoms with van der Waals surface area (Å²) in [5.41, 5.74) is 0.107. The van der Waals surface area contributed by atoms with Crippen LogP contribution in [0.25, 0.3) is 0 Å². The number of rotatable bonds is 5. The maximum absolute atomic E-state index is 13.6. The maximum atomic E-state index is 13.6. The number of carbonyl (C=O) groups is 1. The number of ketones is 1. The first-order valence-electron chi connectivity index (χ1n) is 4.64. The van der Waals surface area contributed by atoms with E-state index >= 15 is 0 Å². The molecule has 82 valence electrons. The Bertz CT molecular complexity index is 352. The molecule has 4 heteroatoms. The van der Waals surface area contributed by atoms with Crippen LogP contribution in [0.15, 0.2) is 18.2 Å². The van der Waals surface area contributed by atoms with Crippen LogP contribution in [0.1, 0.15) is 17.3 Å². The van der Waals surface area contributed by atoms with Crippen molar-refractivity contribution in [3.63, 3.8) is 0 Å². The molecule has 0 aliphatic carbocycles. The number of benzene rings is 1. The molecule has 1 rings (SSSR count). The van der Waals surface area contributed by atoms with Gasteiger partial charge < -0.3 is 4.74 Å². The van der Waals surface area contributed by atoms with E-state index in [1.54, 1.807) is 6.07 Å². The largest absolute Gasteiger partial charge is 0.494 e. The minimum Gasteiger partial charge on any atom is -0.494 e. The first-order chi connectivity index (χ1) is 7.20. The molecule has 1 aromatic carbocycles. The molecule has 0 saturated heterocycles. The summed E-state index contributed by atoms with van der Waals surface area (Å²) in [5.74, 6) is 0.500. The molecule has 0 atom stereocenters. The van der Waals surface area contributed by atoms with Crippen molar-refractivity contribution in [1.29, 1.82) is 0 Å². The van der Waals surface area contributed by atoms with Crippen molar-refractivity contribution in [1.82, 2.24) is 0 Å². The van der Waals surface area contributed by atoms with E-state index < -0.39 is 5.82 Å². The molecule has 0 heterocycles. The van der Waals surface area contributed by atoms with Gasteiger partial charge in [-0.15, -0.1) is 0 Å². The molecule has 0 aliphatic rings. The summed E-state index contributed by atoms with van der Waals surface area (Å²) < 4.78 is 18.4. The Balaban J connectivity index is 2.89. The summed E-state index contributed by atoms with van der Waals surface area (Å²) in [6.07, 6.45) is 0. The van der Waals surface area contributed by atoms with Gasteiger partial charge in [0.1, 0.15) is 0 Å². The lowest BCUT2D eigenvalue weighted by Gasteiger charge is -2.05. The van der Waals surface area contributed by atoms with Crippen molar-refractivity contribution in [2.45, 2.75) is 6.92 Å². The molecule has 0 saturated carbocycles. The quantitative estimate of drug-likeness (QED) is 0.725. The first-order valence-corrected chi connectivity index (χ1v) is 5.79. The SMILES string of the molecule is CCSCC(=O)c1cccc(OC)c1F. The molecule has 0 spiro atoms. The Kier molecular flexibility index (Phi) is 4.62. The second-order valence-electron chi connectivity index (χ2n) is 2.88. The average molecular weight is 228 g/mol. The van der Waals surface area contributed by atoms with Crippen LogP contribution in [0, 0.1) is 5.82 Å². The lowest BCUT2D eigenvalue weighted by Crippen LogP contribution is -2.06. The van der Waals surface area contributed by atoms with Crippen molar-refractivity contribution in [3.8, 4) is 5.75 Å². The monoisotopic (exact) mass is 228 g/mol. The van der Waals surface area contributed by atoms with E-state index in [4.69, 9.17) is 4.74 Å². The number of ether oxygens (including phenoxy) is 1. The van der Waals surface area contributed by atoms with Crippen LogP contribution in [0.5, 0.6) is 5.75 Å². The van der Waals surface area contributed by atoms with Crippen molar-refractivity contribution < 1.29 is 13.9 Å². The molecule has 0 amide bonds. The van der Waals surface area contributed by atoms with Gasteiger partial charge in [-0.25, -0.2) is 4.39 Å². The molecule has 0 N–H and O–H groups in total. The second kappa shape index (κ2) is 5.75. The number of methoxy groups -OCH3 is 1. The van der Waals surface area contributed by atoms with Crippen LogP contribution >= 0.6 is 11.8 Å². The highest BCUT2D eigenvalue weighted by Crippen LogP contribution is 2.21. The van der Waals surface area contributed by atoms with Crippen molar-refractivity contribution in [2.24, 2.45) is 0 Å². The van der Waals surface area contributed by atoms with Gasteiger partial charge in [0.05, 0.1) is 18.4 Å². The fourth-order valence-electron chi connectivity index (χ4n) is 1.16. The second-order valence-corrected chi connectivity index (χ2v) is 4.16. The Hall–Kier alpha value is -1.03. The molecule has 0 aromatic heterocycles. The minimum absolute atomic E-state index is 0.107. The fourth-order valence-corrected chi connectivity index (χ4v) is 1.70. The standard InChI is InChI=1S/C11H13FO2S/c1-3-15-7-9(13)8-5-4-6-10(14-2)11(8)12/h4-6H,3,7H2,1-2H3. The molecule has 0 bridgehead atoms. The van der Waals surface area contributed by atoms with Crippen LogP contribution in [-0.4, -0.2) is 24.4 Å². The van der Waals surface area contributed by atoms with E-state index in [0.717, 1.165) is 5.75 Å². The number of carbonyl (C=O) groups excluding carboxylic acids is 1. The summed E-state index contributed by atoms with van der Waals surface area (Å²) in [6, 6.07) is 4.60. The zero-order chi connectivity index (χ0) is 11.3. The average Bonchev–Trinajstić information content (AvgIpc) is 2.26. The van der Waals surface area contributed by atoms with Gasteiger partial charge in [-0.3, -0.25) is 4.79 Å². The maximum Gasteiger partial charge on any atom is 0.175 e. The number of hydrogen-bond acceptors (Lipinski definition) is 3. The van der Waals surface area contributed by atoms with Gasteiger partial charge in [-0.2, -0.15) is 11.8 Å². The third-order valence-electron chi connectivity index (χ3n) is 1.92. The lowest BCUT2D eigenvalue weighted by molar-refractivity contribution is 0.101. The molecule has 0 aliphatic heterocycles. The highest BCUT2D eigenvalue weighted by Gasteiger charge is 2.14. The summed E-state index contributed by atoms with van der Waals surface area (Å²) in [5, 5.41) is 0. The lowest BCUT2D eigenvalue weighted by atomic mass is 10.1. The summed E-state index contributed by atoms with van der Waals surface area (Å²) >= 11 is 1.48. The normalized spacial score (nSPS) is 10.1. The van der Waals surface area contributed by atoms with Crippen molar-refractivity contribution in [2.75, 3.05) is 18.6 Å². The Labute approximate surface area is 92.8 Å². The molecule has 15 heavy (non-hydrogen) atoms. The van der Waals surface area contributed by atoms with Gasteiger partial charge in [0.15, 0.2) is 17.3 Å². The van der Waals surface area contributed by atoms with Crippen LogP contribution < -0.4 is 4.74 Å². The predicted octanol–water partition coefficient (Wildman–Crippen LogP) is 2.77. The molecular weight excluding hydrogens is 215 g/mol. The van der Waals surface area contributed by atoms with Crippen LogP contribution in [-0.2, 0) is 0 Å². The number of thioether (sulfide) groups is 1. The van der Waals surface area contributed by atoms with Gasteiger partial charge in [0, 0.05) is 0 Å². The van der Waals surface area contributed by atoms with Gasteiger partial charge in [0.25, 0.3) is 0 Å². The molecular formula is C11H13FO2S. The third kappa shape index (κ3) is 2.96. The van der Waals surface area contributed by atoms with E-state index in [1.165, 1.54) is 31.0 Å². The van der Waals surface area contributed by atoms with Crippen LogP contribution in [0.4, 0.5) is 4.39 Å². The van der Waals surface area contributed by atoms with E-state index in [-0.39, 0.29) is 17.1 Å². The Morgan fingerprint density at radius 2 is 2.27 bits per heavy atom. The molecule has 0 fully saturated rings. The summed E-state index contributed by atoms with van der Waals surface area (Å²) in [7, 11) is 1.38. The fraction of sp³-hybridized carbons (Fsp3) is 0.364. The van der Waals surface area contributed by atoms with E-state index in [1.807, 2.05) is 6.92 Å². The van der Waals surface area contributed by atoms with Crippen LogP contribution in [0.3, 0.4) is 0 Å². The van der Waals surface area contributed by atoms with Gasteiger partial charge in [-0.05, 0) is 17.9 Å². The van der Waals surface area contributed by atoms with Gasteiger partial charge in [-0.1, -0.05) is 13.0 Å². The van der Waals surface area contributed by atoms with Crippen LogP contribution in [0.2, 0.25) is 0 Å².